The van der Waals surface area contributed by atoms with Gasteiger partial charge in [-0.2, -0.15) is 0 Å². The molecule has 1 aliphatic heterocycles. The highest BCUT2D eigenvalue weighted by Gasteiger charge is 2.59. The number of nitrogens with one attached hydrogen (secondary N) is 2. The summed E-state index contributed by atoms with van der Waals surface area (Å²) in [7, 11) is 4.50. The van der Waals surface area contributed by atoms with Crippen molar-refractivity contribution >= 4 is 28.9 Å². The summed E-state index contributed by atoms with van der Waals surface area (Å²) < 4.78 is 22.2. The summed E-state index contributed by atoms with van der Waals surface area (Å²) in [6, 6.07) is 8.71. The quantitative estimate of drug-likeness (QED) is 0.631. The predicted molar refractivity (Wildman–Crippen MR) is 119 cm³/mol. The molecule has 32 heavy (non-hydrogen) atoms. The molecule has 0 fully saturated rings. The van der Waals surface area contributed by atoms with Crippen LogP contribution in [0.2, 0.25) is 5.02 Å². The van der Waals surface area contributed by atoms with Crippen molar-refractivity contribution in [2.75, 3.05) is 26.8 Å². The number of allylic oxidation sites excluding steroid dienone is 1. The minimum atomic E-state index is -1.47. The van der Waals surface area contributed by atoms with Crippen molar-refractivity contribution in [2.45, 2.75) is 18.9 Å². The molecule has 1 spiro atoms. The lowest BCUT2D eigenvalue weighted by atomic mass is 9.74. The molecule has 0 unspecified atom stereocenters. The number of ether oxygens (including phenoxy) is 4. The highest BCUT2D eigenvalue weighted by atomic mass is 35.5. The van der Waals surface area contributed by atoms with Crippen molar-refractivity contribution < 1.29 is 28.5 Å². The molecule has 0 saturated carbocycles. The molecule has 4 rings (SSSR count). The van der Waals surface area contributed by atoms with Crippen LogP contribution in [0, 0.1) is 5.92 Å². The van der Waals surface area contributed by atoms with E-state index in [1.54, 1.807) is 44.4 Å². The van der Waals surface area contributed by atoms with E-state index in [-0.39, 0.29) is 45.8 Å². The number of rotatable bonds is 6. The molecule has 8 nitrogen and oxygen atoms in total. The molecule has 2 aromatic carbocycles. The van der Waals surface area contributed by atoms with Crippen molar-refractivity contribution in [2.24, 2.45) is 5.92 Å². The Hall–Kier alpha value is -3.39. The van der Waals surface area contributed by atoms with Crippen LogP contribution in [0.25, 0.3) is 0 Å². The Balaban J connectivity index is 1.74. The van der Waals surface area contributed by atoms with Crippen LogP contribution in [0.3, 0.4) is 0 Å². The normalized spacial score (nSPS) is 21.5. The highest BCUT2D eigenvalue weighted by molar-refractivity contribution is 6.35. The summed E-state index contributed by atoms with van der Waals surface area (Å²) in [5, 5.41) is 0.167. The lowest BCUT2D eigenvalue weighted by Crippen LogP contribution is -2.55. The molecule has 0 amide bonds. The van der Waals surface area contributed by atoms with Crippen molar-refractivity contribution in [3.63, 3.8) is 0 Å². The van der Waals surface area contributed by atoms with Gasteiger partial charge in [0.25, 0.3) is 0 Å². The first-order chi connectivity index (χ1) is 15.3. The number of carbonyl (C=O) groups is 2. The van der Waals surface area contributed by atoms with Gasteiger partial charge in [-0.25, -0.2) is 0 Å². The van der Waals surface area contributed by atoms with Crippen LogP contribution in [0.1, 0.15) is 23.7 Å². The van der Waals surface area contributed by atoms with E-state index < -0.39 is 11.5 Å². The Labute approximate surface area is 190 Å². The molecular weight excluding hydrogens is 436 g/mol. The summed E-state index contributed by atoms with van der Waals surface area (Å²) in [4.78, 5) is 26.2. The van der Waals surface area contributed by atoms with Gasteiger partial charge < -0.3 is 29.8 Å². The Kier molecular flexibility index (Phi) is 5.64. The Morgan fingerprint density at radius 3 is 2.34 bits per heavy atom. The third-order valence-corrected chi connectivity index (χ3v) is 6.11. The molecule has 0 saturated heterocycles. The van der Waals surface area contributed by atoms with Crippen LogP contribution in [0.5, 0.6) is 23.0 Å². The maximum Gasteiger partial charge on any atom is 0.220 e. The number of hydrogen-bond acceptors (Lipinski definition) is 8. The summed E-state index contributed by atoms with van der Waals surface area (Å²) >= 11 is 6.48. The maximum absolute atomic E-state index is 13.8. The van der Waals surface area contributed by atoms with E-state index in [0.29, 0.717) is 17.2 Å². The van der Waals surface area contributed by atoms with Crippen molar-refractivity contribution in [1.29, 1.82) is 0 Å². The first kappa shape index (κ1) is 21.8. The zero-order valence-electron chi connectivity index (χ0n) is 18.1. The number of hydrazine groups is 1. The van der Waals surface area contributed by atoms with Gasteiger partial charge in [-0.1, -0.05) is 18.5 Å². The summed E-state index contributed by atoms with van der Waals surface area (Å²) in [5.74, 6) is 0.553. The topological polar surface area (TPSA) is 95.1 Å². The molecule has 2 aliphatic rings. The van der Waals surface area contributed by atoms with Crippen molar-refractivity contribution in [3.8, 4) is 23.0 Å². The summed E-state index contributed by atoms with van der Waals surface area (Å²) in [5.41, 5.74) is 5.77. The van der Waals surface area contributed by atoms with Crippen LogP contribution in [0.15, 0.2) is 42.1 Å². The van der Waals surface area contributed by atoms with E-state index in [2.05, 4.69) is 10.9 Å². The van der Waals surface area contributed by atoms with Crippen LogP contribution in [0.4, 0.5) is 5.69 Å². The lowest BCUT2D eigenvalue weighted by Gasteiger charge is -2.38. The first-order valence-corrected chi connectivity index (χ1v) is 10.3. The number of hydrogen-bond donors (Lipinski definition) is 2. The van der Waals surface area contributed by atoms with Crippen molar-refractivity contribution in [3.05, 3.63) is 52.7 Å². The minimum Gasteiger partial charge on any atom is -0.497 e. The van der Waals surface area contributed by atoms with Gasteiger partial charge >= 0.3 is 0 Å². The molecule has 9 heteroatoms. The molecule has 2 aromatic rings. The Bertz CT molecular complexity index is 1110. The number of anilines is 1. The fraction of sp³-hybridized carbons (Fsp3) is 0.304. The van der Waals surface area contributed by atoms with Gasteiger partial charge in [0.15, 0.2) is 11.5 Å². The number of methoxy groups -OCH3 is 3. The van der Waals surface area contributed by atoms with E-state index in [4.69, 9.17) is 30.5 Å². The van der Waals surface area contributed by atoms with Crippen LogP contribution in [-0.4, -0.2) is 38.5 Å². The van der Waals surface area contributed by atoms with E-state index in [0.717, 1.165) is 0 Å². The molecule has 1 heterocycles. The second kappa shape index (κ2) is 8.27. The fourth-order valence-corrected chi connectivity index (χ4v) is 4.35. The number of fused-ring (bicyclic) bond motifs is 1. The Morgan fingerprint density at radius 1 is 1.03 bits per heavy atom. The van der Waals surface area contributed by atoms with Gasteiger partial charge in [-0.05, 0) is 24.3 Å². The lowest BCUT2D eigenvalue weighted by molar-refractivity contribution is -0.117. The largest absolute Gasteiger partial charge is 0.497 e. The zero-order valence-corrected chi connectivity index (χ0v) is 18.8. The van der Waals surface area contributed by atoms with Crippen LogP contribution in [-0.2, 0) is 4.79 Å². The van der Waals surface area contributed by atoms with Gasteiger partial charge in [0, 0.05) is 24.5 Å². The standard InChI is InChI=1S/C23H23ClN2O6/c1-12-9-14(27)10-18(26-25-13-5-7-15(29-2)8-6-13)23(12)22(28)19-16(30-3)11-17(31-4)20(24)21(19)32-23/h5-8,10-12,25-26H,9H2,1-4H3/t12-,23+/m1/s1. The first-order valence-electron chi connectivity index (χ1n) is 9.95. The smallest absolute Gasteiger partial charge is 0.220 e. The molecule has 0 aromatic heterocycles. The fourth-order valence-electron chi connectivity index (χ4n) is 4.08. The van der Waals surface area contributed by atoms with E-state index in [9.17, 15) is 9.59 Å². The monoisotopic (exact) mass is 458 g/mol. The predicted octanol–water partition coefficient (Wildman–Crippen LogP) is 3.79. The average Bonchev–Trinajstić information content (AvgIpc) is 3.11. The van der Waals surface area contributed by atoms with Gasteiger partial charge in [-0.3, -0.25) is 9.59 Å². The van der Waals surface area contributed by atoms with Gasteiger partial charge in [0.2, 0.25) is 11.4 Å². The molecule has 0 radical (unpaired) electrons. The molecule has 0 bridgehead atoms. The number of halogens is 1. The number of carbonyl (C=O) groups excluding carboxylic acids is 2. The van der Waals surface area contributed by atoms with E-state index in [1.165, 1.54) is 20.3 Å². The molecular formula is C23H23ClN2O6. The molecule has 2 N–H and O–H groups in total. The second-order valence-corrected chi connectivity index (χ2v) is 7.95. The SMILES string of the molecule is COc1ccc(NNC2=CC(=O)C[C@@H](C)[C@]23Oc2c(Cl)c(OC)cc(OC)c2C3=O)cc1. The summed E-state index contributed by atoms with van der Waals surface area (Å²) in [6.45, 7) is 1.79. The summed E-state index contributed by atoms with van der Waals surface area (Å²) in [6.07, 6.45) is 1.53. The zero-order chi connectivity index (χ0) is 23.0. The third kappa shape index (κ3) is 3.31. The molecule has 168 valence electrons. The number of Topliss-reactive ketones (excluding diaryl/α,β-unsaturated/α-hetero) is 1. The molecule has 2 atom stereocenters. The average molecular weight is 459 g/mol. The highest BCUT2D eigenvalue weighted by Crippen LogP contribution is 2.53. The van der Waals surface area contributed by atoms with Gasteiger partial charge in [-0.15, -0.1) is 0 Å². The Morgan fingerprint density at radius 2 is 1.72 bits per heavy atom. The van der Waals surface area contributed by atoms with Gasteiger partial charge in [0.1, 0.15) is 27.8 Å². The minimum absolute atomic E-state index is 0.120. The third-order valence-electron chi connectivity index (χ3n) is 5.76. The van der Waals surface area contributed by atoms with Gasteiger partial charge in [0.05, 0.1) is 32.7 Å². The second-order valence-electron chi connectivity index (χ2n) is 7.57. The number of benzene rings is 2. The van der Waals surface area contributed by atoms with E-state index in [1.807, 2.05) is 0 Å². The van der Waals surface area contributed by atoms with Crippen LogP contribution >= 0.6 is 11.6 Å². The maximum atomic E-state index is 13.8. The molecule has 1 aliphatic carbocycles. The van der Waals surface area contributed by atoms with Crippen molar-refractivity contribution in [1.82, 2.24) is 5.43 Å². The van der Waals surface area contributed by atoms with E-state index >= 15 is 0 Å². The number of ketones is 2. The van der Waals surface area contributed by atoms with Crippen LogP contribution < -0.4 is 29.8 Å².